The van der Waals surface area contributed by atoms with Crippen LogP contribution in [0.25, 0.3) is 6.08 Å². The molecule has 0 aromatic heterocycles. The molecule has 0 unspecified atom stereocenters. The third-order valence-electron chi connectivity index (χ3n) is 4.76. The Bertz CT molecular complexity index is 1240. The van der Waals surface area contributed by atoms with E-state index in [1.54, 1.807) is 25.3 Å². The van der Waals surface area contributed by atoms with Gasteiger partial charge in [0.05, 0.1) is 22.7 Å². The fourth-order valence-electron chi connectivity index (χ4n) is 3.07. The third kappa shape index (κ3) is 5.99. The first-order chi connectivity index (χ1) is 15.9. The van der Waals surface area contributed by atoms with Gasteiger partial charge < -0.3 is 14.8 Å². The lowest BCUT2D eigenvalue weighted by Crippen LogP contribution is -2.19. The Morgan fingerprint density at radius 1 is 1.12 bits per heavy atom. The number of thioether (sulfide) groups is 1. The van der Waals surface area contributed by atoms with Gasteiger partial charge in [-0.25, -0.2) is 4.99 Å². The fourth-order valence-corrected chi connectivity index (χ4v) is 4.45. The van der Waals surface area contributed by atoms with Crippen LogP contribution in [0.3, 0.4) is 0 Å². The zero-order valence-electron chi connectivity index (χ0n) is 17.9. The van der Waals surface area contributed by atoms with E-state index in [1.807, 2.05) is 55.5 Å². The fraction of sp³-hybridized carbons (Fsp3) is 0.120. The molecule has 5 nitrogen and oxygen atoms in total. The summed E-state index contributed by atoms with van der Waals surface area (Å²) >= 11 is 11.2. The van der Waals surface area contributed by atoms with Crippen LogP contribution in [0.1, 0.15) is 16.7 Å². The van der Waals surface area contributed by atoms with Crippen molar-refractivity contribution in [1.29, 1.82) is 0 Å². The molecule has 1 aliphatic heterocycles. The maximum atomic E-state index is 12.4. The number of aliphatic imine (C=N–C) groups is 1. The molecule has 0 bridgehead atoms. The Balaban J connectivity index is 1.52. The molecule has 3 aromatic carbocycles. The Morgan fingerprint density at radius 3 is 2.55 bits per heavy atom. The molecule has 1 saturated heterocycles. The average molecular weight is 544 g/mol. The van der Waals surface area contributed by atoms with Crippen molar-refractivity contribution in [3.63, 3.8) is 0 Å². The summed E-state index contributed by atoms with van der Waals surface area (Å²) < 4.78 is 12.4. The number of hydrogen-bond donors (Lipinski definition) is 1. The van der Waals surface area contributed by atoms with Crippen LogP contribution in [0.2, 0.25) is 5.02 Å². The lowest BCUT2D eigenvalue weighted by Gasteiger charge is -2.13. The van der Waals surface area contributed by atoms with Crippen molar-refractivity contribution < 1.29 is 14.3 Å². The van der Waals surface area contributed by atoms with Gasteiger partial charge >= 0.3 is 0 Å². The maximum Gasteiger partial charge on any atom is 0.264 e. The first-order valence-corrected chi connectivity index (χ1v) is 12.0. The molecule has 3 aromatic rings. The van der Waals surface area contributed by atoms with E-state index >= 15 is 0 Å². The van der Waals surface area contributed by atoms with Gasteiger partial charge in [-0.15, -0.1) is 0 Å². The molecular weight excluding hydrogens is 524 g/mol. The largest absolute Gasteiger partial charge is 0.493 e. The van der Waals surface area contributed by atoms with Gasteiger partial charge in [0.1, 0.15) is 6.61 Å². The van der Waals surface area contributed by atoms with Crippen LogP contribution < -0.4 is 14.8 Å². The number of aryl methyl sites for hydroxylation is 1. The molecule has 1 aliphatic rings. The van der Waals surface area contributed by atoms with Gasteiger partial charge in [0, 0.05) is 4.47 Å². The van der Waals surface area contributed by atoms with Gasteiger partial charge in [-0.1, -0.05) is 57.4 Å². The molecule has 1 heterocycles. The number of nitrogens with one attached hydrogen (secondary N) is 1. The zero-order valence-corrected chi connectivity index (χ0v) is 21.1. The predicted octanol–water partition coefficient (Wildman–Crippen LogP) is 6.89. The highest BCUT2D eigenvalue weighted by Gasteiger charge is 2.24. The summed E-state index contributed by atoms with van der Waals surface area (Å²) in [6, 6.07) is 19.2. The molecule has 1 fully saturated rings. The standard InChI is InChI=1S/C25H20BrClN2O3S/c1-15-3-9-19(10-4-15)28-25-29-24(30)22(33-25)13-17-11-20(27)23(21(12-17)31-2)32-14-16-5-7-18(26)8-6-16/h3-13H,14H2,1-2H3,(H,28,29,30)/b22-13+. The summed E-state index contributed by atoms with van der Waals surface area (Å²) in [5, 5.41) is 3.73. The van der Waals surface area contributed by atoms with E-state index in [0.717, 1.165) is 26.9 Å². The highest BCUT2D eigenvalue weighted by Crippen LogP contribution is 2.38. The van der Waals surface area contributed by atoms with Crippen LogP contribution in [0, 0.1) is 6.92 Å². The van der Waals surface area contributed by atoms with Crippen molar-refractivity contribution in [3.8, 4) is 11.5 Å². The van der Waals surface area contributed by atoms with Crippen LogP contribution in [-0.2, 0) is 11.4 Å². The van der Waals surface area contributed by atoms with Gasteiger partial charge in [0.15, 0.2) is 16.7 Å². The van der Waals surface area contributed by atoms with Crippen molar-refractivity contribution in [2.45, 2.75) is 13.5 Å². The summed E-state index contributed by atoms with van der Waals surface area (Å²) in [4.78, 5) is 17.5. The normalized spacial score (nSPS) is 15.7. The first-order valence-electron chi connectivity index (χ1n) is 10.0. The minimum atomic E-state index is -0.212. The molecule has 0 spiro atoms. The minimum Gasteiger partial charge on any atom is -0.493 e. The van der Waals surface area contributed by atoms with Crippen LogP contribution in [0.15, 0.2) is 75.0 Å². The van der Waals surface area contributed by atoms with Crippen LogP contribution >= 0.6 is 39.3 Å². The number of halogens is 2. The highest BCUT2D eigenvalue weighted by molar-refractivity contribution is 9.10. The van der Waals surface area contributed by atoms with Gasteiger partial charge in [-0.2, -0.15) is 0 Å². The summed E-state index contributed by atoms with van der Waals surface area (Å²) in [6.07, 6.45) is 1.75. The molecule has 0 aliphatic carbocycles. The van der Waals surface area contributed by atoms with E-state index in [-0.39, 0.29) is 5.91 Å². The molecular formula is C25H20BrClN2O3S. The van der Waals surface area contributed by atoms with E-state index in [0.29, 0.717) is 33.2 Å². The van der Waals surface area contributed by atoms with E-state index in [9.17, 15) is 4.79 Å². The SMILES string of the molecule is COc1cc(/C=C2/SC(=Nc3ccc(C)cc3)NC2=O)cc(Cl)c1OCc1ccc(Br)cc1. The van der Waals surface area contributed by atoms with Crippen molar-refractivity contribution in [2.75, 3.05) is 7.11 Å². The first kappa shape index (κ1) is 23.4. The Hall–Kier alpha value is -2.74. The molecule has 4 rings (SSSR count). The second kappa shape index (κ2) is 10.5. The van der Waals surface area contributed by atoms with Crippen LogP contribution in [0.5, 0.6) is 11.5 Å². The molecule has 0 atom stereocenters. The summed E-state index contributed by atoms with van der Waals surface area (Å²) in [5.41, 5.74) is 3.66. The van der Waals surface area contributed by atoms with Crippen molar-refractivity contribution in [3.05, 3.63) is 91.8 Å². The Kier molecular flexibility index (Phi) is 7.42. The van der Waals surface area contributed by atoms with E-state index in [2.05, 4.69) is 26.2 Å². The number of carbonyl (C=O) groups is 1. The number of ether oxygens (including phenoxy) is 2. The van der Waals surface area contributed by atoms with E-state index < -0.39 is 0 Å². The highest BCUT2D eigenvalue weighted by atomic mass is 79.9. The molecule has 0 radical (unpaired) electrons. The number of amidine groups is 1. The van der Waals surface area contributed by atoms with Crippen molar-refractivity contribution in [1.82, 2.24) is 5.32 Å². The van der Waals surface area contributed by atoms with Crippen molar-refractivity contribution in [2.24, 2.45) is 4.99 Å². The van der Waals surface area contributed by atoms with Gasteiger partial charge in [0.2, 0.25) is 0 Å². The molecule has 1 amide bonds. The lowest BCUT2D eigenvalue weighted by atomic mass is 10.1. The Labute approximate surface area is 210 Å². The van der Waals surface area contributed by atoms with Gasteiger partial charge in [-0.05, 0) is 72.3 Å². The number of benzene rings is 3. The number of nitrogens with zero attached hydrogens (tertiary/aromatic N) is 1. The van der Waals surface area contributed by atoms with Crippen LogP contribution in [0.4, 0.5) is 5.69 Å². The zero-order chi connectivity index (χ0) is 23.4. The molecule has 168 valence electrons. The summed E-state index contributed by atoms with van der Waals surface area (Å²) in [6.45, 7) is 2.36. The molecule has 1 N–H and O–H groups in total. The number of rotatable bonds is 6. The smallest absolute Gasteiger partial charge is 0.264 e. The molecule has 0 saturated carbocycles. The topological polar surface area (TPSA) is 59.9 Å². The number of amides is 1. The third-order valence-corrected chi connectivity index (χ3v) is 6.48. The second-order valence-corrected chi connectivity index (χ2v) is 9.62. The summed E-state index contributed by atoms with van der Waals surface area (Å²) in [7, 11) is 1.55. The van der Waals surface area contributed by atoms with E-state index in [1.165, 1.54) is 11.8 Å². The van der Waals surface area contributed by atoms with Crippen LogP contribution in [-0.4, -0.2) is 18.2 Å². The van der Waals surface area contributed by atoms with Crippen molar-refractivity contribution >= 4 is 62.1 Å². The number of carbonyl (C=O) groups excluding carboxylic acids is 1. The quantitative estimate of drug-likeness (QED) is 0.344. The maximum absolute atomic E-state index is 12.4. The Morgan fingerprint density at radius 2 is 1.85 bits per heavy atom. The number of methoxy groups -OCH3 is 1. The average Bonchev–Trinajstić information content (AvgIpc) is 3.13. The van der Waals surface area contributed by atoms with E-state index in [4.69, 9.17) is 21.1 Å². The summed E-state index contributed by atoms with van der Waals surface area (Å²) in [5.74, 6) is 0.731. The molecule has 33 heavy (non-hydrogen) atoms. The second-order valence-electron chi connectivity index (χ2n) is 7.27. The van der Waals surface area contributed by atoms with Gasteiger partial charge in [0.25, 0.3) is 5.91 Å². The minimum absolute atomic E-state index is 0.212. The molecule has 8 heteroatoms. The van der Waals surface area contributed by atoms with Gasteiger partial charge in [-0.3, -0.25) is 4.79 Å². The number of hydrogen-bond acceptors (Lipinski definition) is 5. The monoisotopic (exact) mass is 542 g/mol. The predicted molar refractivity (Wildman–Crippen MR) is 138 cm³/mol. The lowest BCUT2D eigenvalue weighted by molar-refractivity contribution is -0.115.